The molecular formula is C36H70O2S. The van der Waals surface area contributed by atoms with Crippen molar-refractivity contribution in [2.75, 3.05) is 0 Å². The van der Waals surface area contributed by atoms with E-state index in [9.17, 15) is 9.59 Å². The Morgan fingerprint density at radius 2 is 0.487 bits per heavy atom. The molecule has 0 N–H and O–H groups in total. The highest BCUT2D eigenvalue weighted by Crippen LogP contribution is 2.18. The van der Waals surface area contributed by atoms with Crippen molar-refractivity contribution in [1.82, 2.24) is 0 Å². The van der Waals surface area contributed by atoms with Crippen molar-refractivity contribution >= 4 is 22.0 Å². The number of carbonyl (C=O) groups is 2. The van der Waals surface area contributed by atoms with Gasteiger partial charge in [0.25, 0.3) is 0 Å². The molecule has 0 bridgehead atoms. The van der Waals surface area contributed by atoms with Gasteiger partial charge in [0.2, 0.25) is 0 Å². The van der Waals surface area contributed by atoms with Crippen LogP contribution in [0.25, 0.3) is 0 Å². The summed E-state index contributed by atoms with van der Waals surface area (Å²) >= 11 is 0.995. The summed E-state index contributed by atoms with van der Waals surface area (Å²) in [7, 11) is 0. The monoisotopic (exact) mass is 567 g/mol. The molecule has 232 valence electrons. The van der Waals surface area contributed by atoms with E-state index in [0.29, 0.717) is 12.8 Å². The van der Waals surface area contributed by atoms with Crippen molar-refractivity contribution in [3.8, 4) is 0 Å². The van der Waals surface area contributed by atoms with E-state index in [4.69, 9.17) is 0 Å². The van der Waals surface area contributed by atoms with E-state index in [1.807, 2.05) is 0 Å². The van der Waals surface area contributed by atoms with Gasteiger partial charge in [-0.2, -0.15) is 0 Å². The first kappa shape index (κ1) is 38.7. The standard InChI is InChI=1S/C36H70O2S/c1-3-5-7-9-11-13-15-17-19-21-23-25-27-29-31-33-35(37)39-36(38)34-32-30-28-26-24-22-20-18-16-14-12-10-8-6-4-2/h3-34H2,1-2H3. The number of rotatable bonds is 32. The molecule has 0 aromatic rings. The molecule has 0 aliphatic carbocycles. The van der Waals surface area contributed by atoms with Crippen molar-refractivity contribution in [3.05, 3.63) is 0 Å². The zero-order valence-corrected chi connectivity index (χ0v) is 27.7. The van der Waals surface area contributed by atoms with Crippen LogP contribution in [0.1, 0.15) is 219 Å². The molecule has 0 aromatic carbocycles. The van der Waals surface area contributed by atoms with E-state index in [1.165, 1.54) is 167 Å². The lowest BCUT2D eigenvalue weighted by Gasteiger charge is -2.04. The largest absolute Gasteiger partial charge is 0.287 e. The van der Waals surface area contributed by atoms with Gasteiger partial charge in [-0.3, -0.25) is 9.59 Å². The number of hydrogen-bond donors (Lipinski definition) is 0. The van der Waals surface area contributed by atoms with E-state index in [2.05, 4.69) is 13.8 Å². The molecule has 0 aromatic heterocycles. The van der Waals surface area contributed by atoms with Gasteiger partial charge in [0.1, 0.15) is 0 Å². The van der Waals surface area contributed by atoms with Crippen LogP contribution in [-0.2, 0) is 9.59 Å². The Morgan fingerprint density at radius 3 is 0.692 bits per heavy atom. The van der Waals surface area contributed by atoms with Gasteiger partial charge in [0, 0.05) is 12.8 Å². The molecule has 2 nitrogen and oxygen atoms in total. The van der Waals surface area contributed by atoms with Crippen molar-refractivity contribution in [3.63, 3.8) is 0 Å². The quantitative estimate of drug-likeness (QED) is 0.0759. The predicted octanol–water partition coefficient (Wildman–Crippen LogP) is 13.3. The number of unbranched alkanes of at least 4 members (excludes halogenated alkanes) is 28. The predicted molar refractivity (Wildman–Crippen MR) is 177 cm³/mol. The molecule has 0 aliphatic rings. The third-order valence-electron chi connectivity index (χ3n) is 8.20. The van der Waals surface area contributed by atoms with Crippen LogP contribution in [-0.4, -0.2) is 10.2 Å². The SMILES string of the molecule is CCCCCCCCCCCCCCCCCC(=O)SC(=O)CCCCCCCCCCCCCCCCC. The second-order valence-corrected chi connectivity index (χ2v) is 13.4. The lowest BCUT2D eigenvalue weighted by Crippen LogP contribution is -1.99. The zero-order chi connectivity index (χ0) is 28.5. The number of hydrogen-bond acceptors (Lipinski definition) is 3. The normalized spacial score (nSPS) is 11.3. The summed E-state index contributed by atoms with van der Waals surface area (Å²) in [6.07, 6.45) is 41.2. The first-order valence-corrected chi connectivity index (χ1v) is 18.8. The smallest absolute Gasteiger partial charge is 0.196 e. The Labute approximate surface area is 250 Å². The maximum absolute atomic E-state index is 12.1. The topological polar surface area (TPSA) is 34.1 Å². The van der Waals surface area contributed by atoms with Gasteiger partial charge in [-0.05, 0) is 24.6 Å². The summed E-state index contributed by atoms with van der Waals surface area (Å²) in [5.41, 5.74) is 0. The van der Waals surface area contributed by atoms with Crippen molar-refractivity contribution in [2.24, 2.45) is 0 Å². The average molecular weight is 567 g/mol. The Kier molecular flexibility index (Phi) is 33.6. The van der Waals surface area contributed by atoms with Crippen LogP contribution in [0.5, 0.6) is 0 Å². The molecule has 0 radical (unpaired) electrons. The third kappa shape index (κ3) is 33.8. The molecule has 0 atom stereocenters. The Hall–Kier alpha value is -0.310. The average Bonchev–Trinajstić information content (AvgIpc) is 2.93. The van der Waals surface area contributed by atoms with Crippen LogP contribution in [0.2, 0.25) is 0 Å². The maximum Gasteiger partial charge on any atom is 0.196 e. The minimum Gasteiger partial charge on any atom is -0.287 e. The van der Waals surface area contributed by atoms with Crippen molar-refractivity contribution in [2.45, 2.75) is 219 Å². The summed E-state index contributed by atoms with van der Waals surface area (Å²) in [5.74, 6) is 0. The summed E-state index contributed by atoms with van der Waals surface area (Å²) in [6, 6.07) is 0. The zero-order valence-electron chi connectivity index (χ0n) is 26.9. The molecule has 0 aliphatic heterocycles. The molecule has 0 spiro atoms. The highest BCUT2D eigenvalue weighted by atomic mass is 32.2. The van der Waals surface area contributed by atoms with E-state index >= 15 is 0 Å². The van der Waals surface area contributed by atoms with E-state index in [0.717, 1.165) is 37.4 Å². The molecule has 0 fully saturated rings. The van der Waals surface area contributed by atoms with Gasteiger partial charge < -0.3 is 0 Å². The molecule has 0 rings (SSSR count). The van der Waals surface area contributed by atoms with Gasteiger partial charge in [0.05, 0.1) is 0 Å². The molecule has 0 unspecified atom stereocenters. The second-order valence-electron chi connectivity index (χ2n) is 12.2. The molecule has 3 heteroatoms. The lowest BCUT2D eigenvalue weighted by molar-refractivity contribution is -0.113. The Morgan fingerprint density at radius 1 is 0.308 bits per heavy atom. The highest BCUT2D eigenvalue weighted by Gasteiger charge is 2.10. The van der Waals surface area contributed by atoms with Gasteiger partial charge >= 0.3 is 0 Å². The maximum atomic E-state index is 12.1. The number of thioether (sulfide) groups is 1. The van der Waals surface area contributed by atoms with Gasteiger partial charge in [0.15, 0.2) is 10.2 Å². The summed E-state index contributed by atoms with van der Waals surface area (Å²) in [4.78, 5) is 24.2. The van der Waals surface area contributed by atoms with Crippen LogP contribution in [0.4, 0.5) is 0 Å². The Balaban J connectivity index is 3.27. The minimum absolute atomic E-state index is 0.0932. The molecule has 0 heterocycles. The fourth-order valence-electron chi connectivity index (χ4n) is 5.51. The van der Waals surface area contributed by atoms with E-state index in [-0.39, 0.29) is 10.2 Å². The van der Waals surface area contributed by atoms with E-state index in [1.54, 1.807) is 0 Å². The molecule has 0 saturated carbocycles. The molecule has 39 heavy (non-hydrogen) atoms. The van der Waals surface area contributed by atoms with Crippen LogP contribution in [0.3, 0.4) is 0 Å². The lowest BCUT2D eigenvalue weighted by atomic mass is 10.0. The first-order valence-electron chi connectivity index (χ1n) is 17.9. The van der Waals surface area contributed by atoms with E-state index < -0.39 is 0 Å². The van der Waals surface area contributed by atoms with Crippen molar-refractivity contribution in [1.29, 1.82) is 0 Å². The van der Waals surface area contributed by atoms with Crippen molar-refractivity contribution < 1.29 is 9.59 Å². The van der Waals surface area contributed by atoms with Crippen LogP contribution in [0.15, 0.2) is 0 Å². The summed E-state index contributed by atoms with van der Waals surface area (Å²) in [6.45, 7) is 4.56. The van der Waals surface area contributed by atoms with Crippen LogP contribution >= 0.6 is 11.8 Å². The second kappa shape index (κ2) is 33.9. The first-order chi connectivity index (χ1) is 19.2. The fourth-order valence-corrected chi connectivity index (χ4v) is 6.26. The Bertz CT molecular complexity index is 460. The summed E-state index contributed by atoms with van der Waals surface area (Å²) in [5, 5.41) is 0.186. The molecule has 0 amide bonds. The van der Waals surface area contributed by atoms with Gasteiger partial charge in [-0.25, -0.2) is 0 Å². The minimum atomic E-state index is 0.0932. The molecular weight excluding hydrogens is 496 g/mol. The van der Waals surface area contributed by atoms with Gasteiger partial charge in [-0.1, -0.05) is 194 Å². The third-order valence-corrected chi connectivity index (χ3v) is 9.06. The summed E-state index contributed by atoms with van der Waals surface area (Å²) < 4.78 is 0. The van der Waals surface area contributed by atoms with Crippen LogP contribution < -0.4 is 0 Å². The fraction of sp³-hybridized carbons (Fsp3) is 0.944. The van der Waals surface area contributed by atoms with Crippen LogP contribution in [0, 0.1) is 0 Å². The highest BCUT2D eigenvalue weighted by molar-refractivity contribution is 8.26. The molecule has 0 saturated heterocycles. The van der Waals surface area contributed by atoms with Gasteiger partial charge in [-0.15, -0.1) is 0 Å². The number of carbonyl (C=O) groups excluding carboxylic acids is 2.